The first kappa shape index (κ1) is 13.9. The SMILES string of the molecule is Fc1ccc(CNC2CC2)c(-c2cccc(Cl)c2Cl)c1. The molecule has 20 heavy (non-hydrogen) atoms. The summed E-state index contributed by atoms with van der Waals surface area (Å²) in [6.07, 6.45) is 2.43. The topological polar surface area (TPSA) is 12.0 Å². The van der Waals surface area contributed by atoms with Crippen LogP contribution in [0.1, 0.15) is 18.4 Å². The monoisotopic (exact) mass is 309 g/mol. The van der Waals surface area contributed by atoms with E-state index in [2.05, 4.69) is 5.32 Å². The van der Waals surface area contributed by atoms with Crippen LogP contribution in [0, 0.1) is 5.82 Å². The van der Waals surface area contributed by atoms with Gasteiger partial charge < -0.3 is 5.32 Å². The second-order valence-electron chi connectivity index (χ2n) is 5.06. The fourth-order valence-corrected chi connectivity index (χ4v) is 2.61. The Balaban J connectivity index is 2.01. The predicted molar refractivity (Wildman–Crippen MR) is 81.7 cm³/mol. The summed E-state index contributed by atoms with van der Waals surface area (Å²) in [5.74, 6) is -0.272. The normalized spacial score (nSPS) is 14.6. The molecule has 0 atom stereocenters. The number of rotatable bonds is 4. The van der Waals surface area contributed by atoms with Crippen molar-refractivity contribution in [2.75, 3.05) is 0 Å². The molecule has 2 aromatic carbocycles. The Hall–Kier alpha value is -1.09. The first-order valence-corrected chi connectivity index (χ1v) is 7.37. The van der Waals surface area contributed by atoms with E-state index < -0.39 is 0 Å². The van der Waals surface area contributed by atoms with E-state index >= 15 is 0 Å². The van der Waals surface area contributed by atoms with Gasteiger partial charge in [-0.2, -0.15) is 0 Å². The second kappa shape index (κ2) is 5.72. The summed E-state index contributed by atoms with van der Waals surface area (Å²) in [5.41, 5.74) is 2.60. The lowest BCUT2D eigenvalue weighted by molar-refractivity contribution is 0.625. The van der Waals surface area contributed by atoms with Gasteiger partial charge in [-0.15, -0.1) is 0 Å². The molecule has 4 heteroatoms. The summed E-state index contributed by atoms with van der Waals surface area (Å²) >= 11 is 12.3. The average molecular weight is 310 g/mol. The van der Waals surface area contributed by atoms with Gasteiger partial charge in [0.25, 0.3) is 0 Å². The minimum absolute atomic E-state index is 0.272. The van der Waals surface area contributed by atoms with Gasteiger partial charge in [-0.25, -0.2) is 4.39 Å². The zero-order valence-electron chi connectivity index (χ0n) is 10.8. The lowest BCUT2D eigenvalue weighted by Crippen LogP contribution is -2.16. The Morgan fingerprint density at radius 1 is 1.10 bits per heavy atom. The lowest BCUT2D eigenvalue weighted by Gasteiger charge is -2.13. The van der Waals surface area contributed by atoms with E-state index in [0.29, 0.717) is 22.6 Å². The summed E-state index contributed by atoms with van der Waals surface area (Å²) in [4.78, 5) is 0. The molecule has 0 unspecified atom stereocenters. The molecule has 0 spiro atoms. The second-order valence-corrected chi connectivity index (χ2v) is 5.84. The van der Waals surface area contributed by atoms with Gasteiger partial charge in [0.1, 0.15) is 5.82 Å². The molecule has 0 aromatic heterocycles. The van der Waals surface area contributed by atoms with Gasteiger partial charge in [-0.3, -0.25) is 0 Å². The highest BCUT2D eigenvalue weighted by Gasteiger charge is 2.21. The molecule has 1 saturated carbocycles. The Labute approximate surface area is 127 Å². The van der Waals surface area contributed by atoms with E-state index in [1.165, 1.54) is 25.0 Å². The Morgan fingerprint density at radius 3 is 2.65 bits per heavy atom. The van der Waals surface area contributed by atoms with Crippen LogP contribution in [0.2, 0.25) is 10.0 Å². The molecule has 1 aliphatic carbocycles. The summed E-state index contributed by atoms with van der Waals surface area (Å²) in [7, 11) is 0. The van der Waals surface area contributed by atoms with Crippen LogP contribution >= 0.6 is 23.2 Å². The molecule has 1 N–H and O–H groups in total. The minimum Gasteiger partial charge on any atom is -0.310 e. The van der Waals surface area contributed by atoms with Crippen molar-refractivity contribution in [3.05, 3.63) is 57.8 Å². The highest BCUT2D eigenvalue weighted by atomic mass is 35.5. The third-order valence-corrected chi connectivity index (χ3v) is 4.29. The molecule has 1 aliphatic rings. The first-order chi connectivity index (χ1) is 9.65. The summed E-state index contributed by atoms with van der Waals surface area (Å²) in [6, 6.07) is 10.8. The third-order valence-electron chi connectivity index (χ3n) is 3.47. The van der Waals surface area contributed by atoms with Crippen molar-refractivity contribution in [1.82, 2.24) is 5.32 Å². The van der Waals surface area contributed by atoms with Gasteiger partial charge in [0.2, 0.25) is 0 Å². The number of benzene rings is 2. The first-order valence-electron chi connectivity index (χ1n) is 6.61. The van der Waals surface area contributed by atoms with Crippen LogP contribution in [0.5, 0.6) is 0 Å². The molecule has 0 radical (unpaired) electrons. The van der Waals surface area contributed by atoms with E-state index in [1.807, 2.05) is 12.1 Å². The molecule has 2 aromatic rings. The molecule has 0 heterocycles. The number of nitrogens with one attached hydrogen (secondary N) is 1. The van der Waals surface area contributed by atoms with Gasteiger partial charge in [0, 0.05) is 18.2 Å². The molecular formula is C16H14Cl2FN. The van der Waals surface area contributed by atoms with Crippen molar-refractivity contribution < 1.29 is 4.39 Å². The van der Waals surface area contributed by atoms with E-state index in [1.54, 1.807) is 12.1 Å². The summed E-state index contributed by atoms with van der Waals surface area (Å²) in [5, 5.41) is 4.38. The van der Waals surface area contributed by atoms with Gasteiger partial charge >= 0.3 is 0 Å². The highest BCUT2D eigenvalue weighted by molar-refractivity contribution is 6.43. The van der Waals surface area contributed by atoms with Crippen LogP contribution in [0.3, 0.4) is 0 Å². The smallest absolute Gasteiger partial charge is 0.123 e. The summed E-state index contributed by atoms with van der Waals surface area (Å²) < 4.78 is 13.6. The summed E-state index contributed by atoms with van der Waals surface area (Å²) in [6.45, 7) is 0.711. The maximum Gasteiger partial charge on any atom is 0.123 e. The van der Waals surface area contributed by atoms with Crippen LogP contribution in [-0.2, 0) is 6.54 Å². The largest absolute Gasteiger partial charge is 0.310 e. The van der Waals surface area contributed by atoms with Crippen LogP contribution < -0.4 is 5.32 Å². The van der Waals surface area contributed by atoms with Gasteiger partial charge in [-0.05, 0) is 42.2 Å². The van der Waals surface area contributed by atoms with E-state index in [9.17, 15) is 4.39 Å². The third kappa shape index (κ3) is 2.98. The Morgan fingerprint density at radius 2 is 1.90 bits per heavy atom. The van der Waals surface area contributed by atoms with Crippen LogP contribution in [0.15, 0.2) is 36.4 Å². The van der Waals surface area contributed by atoms with Crippen molar-refractivity contribution >= 4 is 23.2 Å². The van der Waals surface area contributed by atoms with Gasteiger partial charge in [0.15, 0.2) is 0 Å². The molecule has 0 aliphatic heterocycles. The highest BCUT2D eigenvalue weighted by Crippen LogP contribution is 2.35. The molecule has 104 valence electrons. The number of hydrogen-bond acceptors (Lipinski definition) is 1. The van der Waals surface area contributed by atoms with Crippen LogP contribution in [-0.4, -0.2) is 6.04 Å². The standard InChI is InChI=1S/C16H14Cl2FN/c17-15-3-1-2-13(16(15)18)14-8-11(19)5-4-10(14)9-20-12-6-7-12/h1-5,8,12,20H,6-7,9H2. The molecule has 0 amide bonds. The maximum atomic E-state index is 13.6. The number of hydrogen-bond donors (Lipinski definition) is 1. The number of halogens is 3. The van der Waals surface area contributed by atoms with E-state index in [0.717, 1.165) is 16.7 Å². The van der Waals surface area contributed by atoms with Crippen molar-refractivity contribution in [2.24, 2.45) is 0 Å². The molecule has 0 saturated heterocycles. The maximum absolute atomic E-state index is 13.6. The van der Waals surface area contributed by atoms with Crippen LogP contribution in [0.4, 0.5) is 4.39 Å². The molecule has 1 nitrogen and oxygen atoms in total. The Kier molecular flexibility index (Phi) is 3.97. The van der Waals surface area contributed by atoms with Crippen molar-refractivity contribution in [1.29, 1.82) is 0 Å². The van der Waals surface area contributed by atoms with Crippen molar-refractivity contribution in [2.45, 2.75) is 25.4 Å². The molecule has 3 rings (SSSR count). The molecule has 1 fully saturated rings. The quantitative estimate of drug-likeness (QED) is 0.833. The molecule has 0 bridgehead atoms. The zero-order chi connectivity index (χ0) is 14.1. The van der Waals surface area contributed by atoms with Gasteiger partial charge in [0.05, 0.1) is 10.0 Å². The zero-order valence-corrected chi connectivity index (χ0v) is 12.3. The average Bonchev–Trinajstić information content (AvgIpc) is 3.25. The van der Waals surface area contributed by atoms with E-state index in [4.69, 9.17) is 23.2 Å². The van der Waals surface area contributed by atoms with E-state index in [-0.39, 0.29) is 5.82 Å². The fraction of sp³-hybridized carbons (Fsp3) is 0.250. The lowest BCUT2D eigenvalue weighted by atomic mass is 9.99. The minimum atomic E-state index is -0.272. The van der Waals surface area contributed by atoms with Crippen molar-refractivity contribution in [3.8, 4) is 11.1 Å². The van der Waals surface area contributed by atoms with Crippen molar-refractivity contribution in [3.63, 3.8) is 0 Å². The van der Waals surface area contributed by atoms with Crippen LogP contribution in [0.25, 0.3) is 11.1 Å². The van der Waals surface area contributed by atoms with Gasteiger partial charge in [-0.1, -0.05) is 41.4 Å². The fourth-order valence-electron chi connectivity index (χ4n) is 2.21. The molecular weight excluding hydrogens is 296 g/mol. The Bertz CT molecular complexity index is 638. The predicted octanol–water partition coefficient (Wildman–Crippen LogP) is 5.05.